The molecule has 1 aromatic carbocycles. The first-order valence-electron chi connectivity index (χ1n) is 6.56. The lowest BCUT2D eigenvalue weighted by Crippen LogP contribution is -2.35. The fourth-order valence-electron chi connectivity index (χ4n) is 1.86. The van der Waals surface area contributed by atoms with Crippen LogP contribution in [0.5, 0.6) is 11.5 Å². The molecular weight excluding hydrogens is 240 g/mol. The normalized spacial score (nSPS) is 11.5. The summed E-state index contributed by atoms with van der Waals surface area (Å²) in [6.45, 7) is 8.57. The number of ether oxygens (including phenoxy) is 2. The van der Waals surface area contributed by atoms with Gasteiger partial charge < -0.3 is 20.5 Å². The van der Waals surface area contributed by atoms with E-state index in [1.165, 1.54) is 0 Å². The van der Waals surface area contributed by atoms with Gasteiger partial charge in [-0.3, -0.25) is 0 Å². The van der Waals surface area contributed by atoms with E-state index in [1.807, 2.05) is 19.1 Å². The Labute approximate surface area is 116 Å². The fraction of sp³-hybridized carbons (Fsp3) is 0.600. The van der Waals surface area contributed by atoms with Crippen LogP contribution in [-0.4, -0.2) is 27.3 Å². The van der Waals surface area contributed by atoms with E-state index in [0.29, 0.717) is 6.54 Å². The van der Waals surface area contributed by atoms with Gasteiger partial charge in [0.05, 0.1) is 14.2 Å². The van der Waals surface area contributed by atoms with Crippen molar-refractivity contribution in [3.05, 3.63) is 23.3 Å². The predicted molar refractivity (Wildman–Crippen MR) is 78.8 cm³/mol. The second kappa shape index (κ2) is 6.78. The van der Waals surface area contributed by atoms with Gasteiger partial charge in [0, 0.05) is 18.7 Å². The van der Waals surface area contributed by atoms with Crippen LogP contribution in [0.2, 0.25) is 0 Å². The summed E-state index contributed by atoms with van der Waals surface area (Å²) in [7, 11) is 3.37. The highest BCUT2D eigenvalue weighted by atomic mass is 16.5. The largest absolute Gasteiger partial charge is 0.496 e. The quantitative estimate of drug-likeness (QED) is 0.793. The Morgan fingerprint density at radius 3 is 2.32 bits per heavy atom. The molecule has 0 unspecified atom stereocenters. The summed E-state index contributed by atoms with van der Waals surface area (Å²) in [5.41, 5.74) is 7.99. The molecule has 4 nitrogen and oxygen atoms in total. The molecule has 108 valence electrons. The van der Waals surface area contributed by atoms with Crippen molar-refractivity contribution in [2.45, 2.75) is 27.3 Å². The lowest BCUT2D eigenvalue weighted by Gasteiger charge is -2.23. The second-order valence-corrected chi connectivity index (χ2v) is 5.61. The molecule has 19 heavy (non-hydrogen) atoms. The number of rotatable bonds is 7. The zero-order valence-corrected chi connectivity index (χ0v) is 12.7. The molecule has 1 aromatic rings. The predicted octanol–water partition coefficient (Wildman–Crippen LogP) is 2.09. The number of methoxy groups -OCH3 is 2. The van der Waals surface area contributed by atoms with Crippen molar-refractivity contribution in [1.29, 1.82) is 0 Å². The summed E-state index contributed by atoms with van der Waals surface area (Å²) in [6, 6.07) is 4.03. The van der Waals surface area contributed by atoms with E-state index in [-0.39, 0.29) is 5.41 Å². The first kappa shape index (κ1) is 15.8. The molecule has 0 atom stereocenters. The Morgan fingerprint density at radius 2 is 1.79 bits per heavy atom. The van der Waals surface area contributed by atoms with E-state index in [4.69, 9.17) is 15.2 Å². The van der Waals surface area contributed by atoms with Crippen LogP contribution < -0.4 is 20.5 Å². The standard InChI is InChI=1S/C15H26N2O2/c1-11-6-14(19-5)12(7-13(11)18-4)8-17-10-15(2,3)9-16/h6-7,17H,8-10,16H2,1-5H3. The average Bonchev–Trinajstić information content (AvgIpc) is 2.39. The van der Waals surface area contributed by atoms with Crippen LogP contribution in [0.4, 0.5) is 0 Å². The van der Waals surface area contributed by atoms with Crippen molar-refractivity contribution in [3.8, 4) is 11.5 Å². The van der Waals surface area contributed by atoms with Crippen molar-refractivity contribution < 1.29 is 9.47 Å². The van der Waals surface area contributed by atoms with E-state index in [1.54, 1.807) is 14.2 Å². The molecule has 0 amide bonds. The summed E-state index contributed by atoms with van der Waals surface area (Å²) < 4.78 is 10.8. The highest BCUT2D eigenvalue weighted by Gasteiger charge is 2.15. The van der Waals surface area contributed by atoms with Gasteiger partial charge in [0.1, 0.15) is 11.5 Å². The molecule has 0 aromatic heterocycles. The Morgan fingerprint density at radius 1 is 1.16 bits per heavy atom. The van der Waals surface area contributed by atoms with E-state index < -0.39 is 0 Å². The van der Waals surface area contributed by atoms with Crippen molar-refractivity contribution in [2.24, 2.45) is 11.1 Å². The Bertz CT molecular complexity index is 417. The zero-order valence-electron chi connectivity index (χ0n) is 12.7. The molecular formula is C15H26N2O2. The Kier molecular flexibility index (Phi) is 5.63. The number of aryl methyl sites for hydroxylation is 1. The molecule has 0 heterocycles. The molecule has 0 saturated heterocycles. The summed E-state index contributed by atoms with van der Waals surface area (Å²) in [5, 5.41) is 3.42. The van der Waals surface area contributed by atoms with E-state index in [0.717, 1.165) is 35.7 Å². The minimum Gasteiger partial charge on any atom is -0.496 e. The van der Waals surface area contributed by atoms with Gasteiger partial charge in [0.2, 0.25) is 0 Å². The van der Waals surface area contributed by atoms with Crippen LogP contribution in [0.1, 0.15) is 25.0 Å². The van der Waals surface area contributed by atoms with Gasteiger partial charge in [0.15, 0.2) is 0 Å². The van der Waals surface area contributed by atoms with Gasteiger partial charge in [0.25, 0.3) is 0 Å². The van der Waals surface area contributed by atoms with Crippen molar-refractivity contribution in [3.63, 3.8) is 0 Å². The van der Waals surface area contributed by atoms with Gasteiger partial charge in [-0.2, -0.15) is 0 Å². The molecule has 0 saturated carbocycles. The van der Waals surface area contributed by atoms with Crippen LogP contribution in [0.25, 0.3) is 0 Å². The highest BCUT2D eigenvalue weighted by Crippen LogP contribution is 2.28. The molecule has 0 bridgehead atoms. The van der Waals surface area contributed by atoms with Gasteiger partial charge in [-0.25, -0.2) is 0 Å². The number of nitrogens with one attached hydrogen (secondary N) is 1. The van der Waals surface area contributed by atoms with Crippen LogP contribution >= 0.6 is 0 Å². The molecule has 0 aliphatic heterocycles. The molecule has 4 heteroatoms. The summed E-state index contributed by atoms with van der Waals surface area (Å²) >= 11 is 0. The zero-order chi connectivity index (χ0) is 14.5. The minimum absolute atomic E-state index is 0.0992. The third-order valence-electron chi connectivity index (χ3n) is 3.27. The van der Waals surface area contributed by atoms with Crippen molar-refractivity contribution in [2.75, 3.05) is 27.3 Å². The topological polar surface area (TPSA) is 56.5 Å². The first-order valence-corrected chi connectivity index (χ1v) is 6.56. The minimum atomic E-state index is 0.0992. The molecule has 0 aliphatic carbocycles. The van der Waals surface area contributed by atoms with E-state index in [9.17, 15) is 0 Å². The lowest BCUT2D eigenvalue weighted by molar-refractivity contribution is 0.347. The van der Waals surface area contributed by atoms with Crippen molar-refractivity contribution in [1.82, 2.24) is 5.32 Å². The second-order valence-electron chi connectivity index (χ2n) is 5.61. The third-order valence-corrected chi connectivity index (χ3v) is 3.27. The monoisotopic (exact) mass is 266 g/mol. The van der Waals surface area contributed by atoms with Crippen LogP contribution in [0, 0.1) is 12.3 Å². The van der Waals surface area contributed by atoms with Crippen LogP contribution in [0.15, 0.2) is 12.1 Å². The van der Waals surface area contributed by atoms with Gasteiger partial charge >= 0.3 is 0 Å². The number of nitrogens with two attached hydrogens (primary N) is 1. The molecule has 1 rings (SSSR count). The number of hydrogen-bond acceptors (Lipinski definition) is 4. The molecule has 0 aliphatic rings. The van der Waals surface area contributed by atoms with E-state index in [2.05, 4.69) is 19.2 Å². The van der Waals surface area contributed by atoms with Crippen LogP contribution in [-0.2, 0) is 6.54 Å². The highest BCUT2D eigenvalue weighted by molar-refractivity contribution is 5.45. The Balaban J connectivity index is 2.77. The first-order chi connectivity index (χ1) is 8.93. The summed E-state index contributed by atoms with van der Waals surface area (Å²) in [6.07, 6.45) is 0. The lowest BCUT2D eigenvalue weighted by atomic mass is 9.94. The smallest absolute Gasteiger partial charge is 0.123 e. The maximum atomic E-state index is 5.72. The van der Waals surface area contributed by atoms with Crippen LogP contribution in [0.3, 0.4) is 0 Å². The SMILES string of the molecule is COc1cc(CNCC(C)(C)CN)c(OC)cc1C. The molecule has 3 N–H and O–H groups in total. The Hall–Kier alpha value is -1.26. The number of benzene rings is 1. The molecule has 0 radical (unpaired) electrons. The average molecular weight is 266 g/mol. The van der Waals surface area contributed by atoms with Gasteiger partial charge in [-0.15, -0.1) is 0 Å². The maximum Gasteiger partial charge on any atom is 0.123 e. The van der Waals surface area contributed by atoms with E-state index >= 15 is 0 Å². The van der Waals surface area contributed by atoms with Crippen molar-refractivity contribution >= 4 is 0 Å². The maximum absolute atomic E-state index is 5.72. The van der Waals surface area contributed by atoms with Gasteiger partial charge in [-0.1, -0.05) is 13.8 Å². The third kappa shape index (κ3) is 4.40. The fourth-order valence-corrected chi connectivity index (χ4v) is 1.86. The summed E-state index contributed by atoms with van der Waals surface area (Å²) in [4.78, 5) is 0. The summed E-state index contributed by atoms with van der Waals surface area (Å²) in [5.74, 6) is 1.77. The molecule has 0 fully saturated rings. The molecule has 0 spiro atoms. The number of hydrogen-bond donors (Lipinski definition) is 2. The van der Waals surface area contributed by atoms with Gasteiger partial charge in [-0.05, 0) is 36.6 Å².